The maximum absolute atomic E-state index is 13.0. The molecule has 30 heavy (non-hydrogen) atoms. The zero-order valence-corrected chi connectivity index (χ0v) is 16.7. The minimum atomic E-state index is -0.726. The Balaban J connectivity index is 1.90. The predicted molar refractivity (Wildman–Crippen MR) is 115 cm³/mol. The van der Waals surface area contributed by atoms with Gasteiger partial charge in [0.05, 0.1) is 18.7 Å². The zero-order chi connectivity index (χ0) is 21.3. The molecule has 1 N–H and O–H groups in total. The smallest absolute Gasteiger partial charge is 0.300 e. The van der Waals surface area contributed by atoms with Gasteiger partial charge in [0.1, 0.15) is 11.5 Å². The van der Waals surface area contributed by atoms with Crippen molar-refractivity contribution < 1.29 is 19.4 Å². The molecule has 0 spiro atoms. The monoisotopic (exact) mass is 399 g/mol. The Kier molecular flexibility index (Phi) is 5.11. The molecule has 4 rings (SSSR count). The van der Waals surface area contributed by atoms with E-state index in [4.69, 9.17) is 4.74 Å². The first-order valence-corrected chi connectivity index (χ1v) is 9.58. The molecular weight excluding hydrogens is 378 g/mol. The maximum Gasteiger partial charge on any atom is 0.300 e. The van der Waals surface area contributed by atoms with Crippen molar-refractivity contribution in [1.29, 1.82) is 0 Å². The Morgan fingerprint density at radius 3 is 2.13 bits per heavy atom. The average Bonchev–Trinajstić information content (AvgIpc) is 3.05. The number of ether oxygens (including phenoxy) is 1. The van der Waals surface area contributed by atoms with E-state index in [1.165, 1.54) is 4.90 Å². The van der Waals surface area contributed by atoms with Gasteiger partial charge < -0.3 is 9.84 Å². The van der Waals surface area contributed by atoms with Crippen molar-refractivity contribution in [2.45, 2.75) is 13.0 Å². The highest BCUT2D eigenvalue weighted by atomic mass is 16.5. The van der Waals surface area contributed by atoms with Crippen LogP contribution in [0.15, 0.2) is 84.4 Å². The highest BCUT2D eigenvalue weighted by molar-refractivity contribution is 6.51. The number of rotatable bonds is 4. The van der Waals surface area contributed by atoms with Crippen molar-refractivity contribution in [2.75, 3.05) is 12.0 Å². The van der Waals surface area contributed by atoms with Crippen LogP contribution in [-0.2, 0) is 9.59 Å². The van der Waals surface area contributed by atoms with Crippen LogP contribution in [0.5, 0.6) is 5.75 Å². The van der Waals surface area contributed by atoms with Crippen LogP contribution < -0.4 is 9.64 Å². The van der Waals surface area contributed by atoms with Crippen LogP contribution in [0.25, 0.3) is 5.76 Å². The van der Waals surface area contributed by atoms with Crippen LogP contribution >= 0.6 is 0 Å². The van der Waals surface area contributed by atoms with Gasteiger partial charge in [-0.2, -0.15) is 0 Å². The third-order valence-electron chi connectivity index (χ3n) is 5.24. The molecule has 3 aromatic carbocycles. The second-order valence-corrected chi connectivity index (χ2v) is 7.14. The summed E-state index contributed by atoms with van der Waals surface area (Å²) in [5.74, 6) is -0.953. The first kappa shape index (κ1) is 19.5. The van der Waals surface area contributed by atoms with Gasteiger partial charge in [-0.3, -0.25) is 14.5 Å². The number of carbonyl (C=O) groups is 2. The summed E-state index contributed by atoms with van der Waals surface area (Å²) in [5.41, 5.74) is 2.90. The zero-order valence-electron chi connectivity index (χ0n) is 16.7. The number of aliphatic hydroxyl groups excluding tert-OH is 1. The molecule has 1 amide bonds. The van der Waals surface area contributed by atoms with Gasteiger partial charge in [-0.1, -0.05) is 48.0 Å². The maximum atomic E-state index is 13.0. The molecule has 3 aromatic rings. The third kappa shape index (κ3) is 3.35. The normalized spacial score (nSPS) is 17.9. The second-order valence-electron chi connectivity index (χ2n) is 7.14. The number of methoxy groups -OCH3 is 1. The third-order valence-corrected chi connectivity index (χ3v) is 5.24. The lowest BCUT2D eigenvalue weighted by Crippen LogP contribution is -2.29. The molecule has 1 saturated heterocycles. The SMILES string of the molecule is COc1ccc(/C(O)=C2\C(=O)C(=O)N(c3ccc(C)cc3)C2c2ccccc2)cc1. The molecule has 150 valence electrons. The van der Waals surface area contributed by atoms with Crippen LogP contribution in [0.3, 0.4) is 0 Å². The number of benzene rings is 3. The van der Waals surface area contributed by atoms with Gasteiger partial charge in [-0.15, -0.1) is 0 Å². The van der Waals surface area contributed by atoms with E-state index in [-0.39, 0.29) is 11.3 Å². The highest BCUT2D eigenvalue weighted by Crippen LogP contribution is 2.42. The quantitative estimate of drug-likeness (QED) is 0.395. The van der Waals surface area contributed by atoms with Crippen molar-refractivity contribution in [2.24, 2.45) is 0 Å². The first-order valence-electron chi connectivity index (χ1n) is 9.58. The van der Waals surface area contributed by atoms with Crippen LogP contribution in [0, 0.1) is 6.92 Å². The number of carbonyl (C=O) groups excluding carboxylic acids is 2. The van der Waals surface area contributed by atoms with Gasteiger partial charge in [0.2, 0.25) is 0 Å². The minimum absolute atomic E-state index is 0.0666. The molecule has 1 atom stereocenters. The lowest BCUT2D eigenvalue weighted by molar-refractivity contribution is -0.132. The highest BCUT2D eigenvalue weighted by Gasteiger charge is 2.46. The summed E-state index contributed by atoms with van der Waals surface area (Å²) in [6, 6.07) is 22.6. The van der Waals surface area contributed by atoms with Crippen LogP contribution in [0.2, 0.25) is 0 Å². The molecule has 0 radical (unpaired) electrons. The van der Waals surface area contributed by atoms with E-state index < -0.39 is 17.7 Å². The Bertz CT molecular complexity index is 1120. The number of hydrogen-bond acceptors (Lipinski definition) is 4. The van der Waals surface area contributed by atoms with E-state index >= 15 is 0 Å². The van der Waals surface area contributed by atoms with Crippen LogP contribution in [-0.4, -0.2) is 23.9 Å². The van der Waals surface area contributed by atoms with Crippen molar-refractivity contribution in [3.63, 3.8) is 0 Å². The second kappa shape index (κ2) is 7.87. The van der Waals surface area contributed by atoms with Crippen molar-refractivity contribution in [3.05, 3.63) is 101 Å². The lowest BCUT2D eigenvalue weighted by atomic mass is 9.95. The summed E-state index contributed by atoms with van der Waals surface area (Å²) in [6.45, 7) is 1.95. The number of anilines is 1. The molecule has 0 aromatic heterocycles. The van der Waals surface area contributed by atoms with Crippen LogP contribution in [0.1, 0.15) is 22.7 Å². The van der Waals surface area contributed by atoms with E-state index in [0.29, 0.717) is 17.0 Å². The number of Topliss-reactive ketones (excluding diaryl/α,β-unsaturated/α-hetero) is 1. The molecule has 1 aliphatic heterocycles. The van der Waals surface area contributed by atoms with Crippen molar-refractivity contribution in [3.8, 4) is 5.75 Å². The Labute approximate surface area is 174 Å². The standard InChI is InChI=1S/C25H21NO4/c1-16-8-12-19(13-9-16)26-22(17-6-4-3-5-7-17)21(24(28)25(26)29)23(27)18-10-14-20(30-2)15-11-18/h3-15,22,27H,1-2H3/b23-21+. The van der Waals surface area contributed by atoms with E-state index in [0.717, 1.165) is 11.1 Å². The fourth-order valence-corrected chi connectivity index (χ4v) is 3.66. The number of nitrogens with zero attached hydrogens (tertiary/aromatic N) is 1. The molecule has 1 heterocycles. The predicted octanol–water partition coefficient (Wildman–Crippen LogP) is 4.63. The van der Waals surface area contributed by atoms with Crippen LogP contribution in [0.4, 0.5) is 5.69 Å². The largest absolute Gasteiger partial charge is 0.507 e. The molecule has 5 heteroatoms. The molecule has 0 saturated carbocycles. The van der Waals surface area contributed by atoms with Gasteiger partial charge in [0, 0.05) is 11.3 Å². The fourth-order valence-electron chi connectivity index (χ4n) is 3.66. The lowest BCUT2D eigenvalue weighted by Gasteiger charge is -2.25. The number of aliphatic hydroxyl groups is 1. The van der Waals surface area contributed by atoms with E-state index in [1.807, 2.05) is 61.5 Å². The Hall–Kier alpha value is -3.86. The van der Waals surface area contributed by atoms with E-state index in [9.17, 15) is 14.7 Å². The van der Waals surface area contributed by atoms with Crippen molar-refractivity contribution in [1.82, 2.24) is 0 Å². The first-order chi connectivity index (χ1) is 14.5. The van der Waals surface area contributed by atoms with Gasteiger partial charge in [-0.05, 0) is 48.9 Å². The average molecular weight is 399 g/mol. The summed E-state index contributed by atoms with van der Waals surface area (Å²) >= 11 is 0. The van der Waals surface area contributed by atoms with Crippen molar-refractivity contribution >= 4 is 23.1 Å². The Morgan fingerprint density at radius 1 is 0.900 bits per heavy atom. The molecule has 5 nitrogen and oxygen atoms in total. The summed E-state index contributed by atoms with van der Waals surface area (Å²) in [6.07, 6.45) is 0. The molecule has 1 unspecified atom stereocenters. The fraction of sp³-hybridized carbons (Fsp3) is 0.120. The minimum Gasteiger partial charge on any atom is -0.507 e. The number of amides is 1. The van der Waals surface area contributed by atoms with E-state index in [2.05, 4.69) is 0 Å². The molecule has 0 bridgehead atoms. The molecule has 0 aliphatic carbocycles. The molecule has 1 fully saturated rings. The Morgan fingerprint density at radius 2 is 1.53 bits per heavy atom. The molecular formula is C25H21NO4. The summed E-state index contributed by atoms with van der Waals surface area (Å²) in [5, 5.41) is 11.1. The topological polar surface area (TPSA) is 66.8 Å². The van der Waals surface area contributed by atoms with Gasteiger partial charge in [-0.25, -0.2) is 0 Å². The van der Waals surface area contributed by atoms with E-state index in [1.54, 1.807) is 31.4 Å². The van der Waals surface area contributed by atoms with Gasteiger partial charge in [0.25, 0.3) is 11.7 Å². The number of ketones is 1. The van der Waals surface area contributed by atoms with Gasteiger partial charge >= 0.3 is 0 Å². The summed E-state index contributed by atoms with van der Waals surface area (Å²) < 4.78 is 5.16. The summed E-state index contributed by atoms with van der Waals surface area (Å²) in [4.78, 5) is 27.5. The van der Waals surface area contributed by atoms with Gasteiger partial charge in [0.15, 0.2) is 0 Å². The summed E-state index contributed by atoms with van der Waals surface area (Å²) in [7, 11) is 1.55. The number of aryl methyl sites for hydroxylation is 1. The molecule has 1 aliphatic rings. The number of hydrogen-bond donors (Lipinski definition) is 1.